The Morgan fingerprint density at radius 3 is 1.09 bits per heavy atom. The summed E-state index contributed by atoms with van der Waals surface area (Å²) >= 11 is 16.4. The monoisotopic (exact) mass is 1740 g/mol. The van der Waals surface area contributed by atoms with Crippen LogP contribution in [0.2, 0.25) is 4.34 Å². The van der Waals surface area contributed by atoms with E-state index in [9.17, 15) is 24.0 Å². The van der Waals surface area contributed by atoms with Crippen LogP contribution in [0.4, 0.5) is 0 Å². The third-order valence-corrected chi connectivity index (χ3v) is 20.6. The van der Waals surface area contributed by atoms with Crippen LogP contribution in [0.3, 0.4) is 0 Å². The third kappa shape index (κ3) is 28.4. The van der Waals surface area contributed by atoms with Gasteiger partial charge in [0.2, 0.25) is 0 Å². The molecule has 30 heteroatoms. The van der Waals surface area contributed by atoms with Crippen LogP contribution in [-0.4, -0.2) is 114 Å². The molecule has 0 amide bonds. The van der Waals surface area contributed by atoms with E-state index in [0.29, 0.717) is 74.6 Å². The van der Waals surface area contributed by atoms with E-state index in [1.165, 1.54) is 56.7 Å². The van der Waals surface area contributed by atoms with Crippen molar-refractivity contribution < 1.29 is 71.3 Å². The molecule has 0 aliphatic heterocycles. The molecule has 13 aromatic rings. The van der Waals surface area contributed by atoms with Gasteiger partial charge in [0.05, 0.1) is 38.7 Å². The van der Waals surface area contributed by atoms with Crippen LogP contribution in [-0.2, 0) is 43.5 Å². The molecule has 0 bridgehead atoms. The van der Waals surface area contributed by atoms with Gasteiger partial charge in [-0.2, -0.15) is 0 Å². The number of nitrogens with zero attached hydrogens (tertiary/aromatic N) is 8. The summed E-state index contributed by atoms with van der Waals surface area (Å²) in [6, 6.07) is 50.8. The Morgan fingerprint density at radius 2 is 0.733 bits per heavy atom. The van der Waals surface area contributed by atoms with Gasteiger partial charge < -0.3 is 47.4 Å². The second kappa shape index (κ2) is 44.6. The number of carbonyl (C=O) groups excluding carboxylic acids is 5. The lowest BCUT2D eigenvalue weighted by molar-refractivity contribution is 0.00510. The lowest BCUT2D eigenvalue weighted by Gasteiger charge is -2.18. The van der Waals surface area contributed by atoms with E-state index >= 15 is 0 Å². The van der Waals surface area contributed by atoms with Gasteiger partial charge in [-0.15, -0.1) is 56.7 Å². The minimum Gasteiger partial charge on any atom is -0.494 e. The molecule has 116 heavy (non-hydrogen) atoms. The molecule has 602 valence electrons. The van der Waals surface area contributed by atoms with E-state index in [0.717, 1.165) is 87.7 Å². The van der Waals surface area contributed by atoms with E-state index in [1.807, 2.05) is 195 Å². The van der Waals surface area contributed by atoms with Gasteiger partial charge in [0, 0.05) is 80.5 Å². The molecule has 0 atom stereocenters. The van der Waals surface area contributed by atoms with Crippen molar-refractivity contribution in [1.29, 1.82) is 0 Å². The van der Waals surface area contributed by atoms with E-state index in [1.54, 1.807) is 92.2 Å². The number of halogens is 2. The number of aromatic nitrogens is 8. The highest BCUT2D eigenvalue weighted by Crippen LogP contribution is 2.37. The smallest absolute Gasteiger partial charge is 0.359 e. The first-order chi connectivity index (χ1) is 55.9. The highest BCUT2D eigenvalue weighted by Gasteiger charge is 2.27. The summed E-state index contributed by atoms with van der Waals surface area (Å²) in [4.78, 5) is 94.3. The maximum atomic E-state index is 12.1. The minimum atomic E-state index is -0.580. The number of benzene rings is 5. The number of pyridine rings is 3. The Hall–Kier alpha value is -11.2. The predicted molar refractivity (Wildman–Crippen MR) is 457 cm³/mol. The maximum absolute atomic E-state index is 12.1. The molecule has 0 aliphatic carbocycles. The van der Waals surface area contributed by atoms with E-state index in [4.69, 9.17) is 59.0 Å². The zero-order chi connectivity index (χ0) is 83.0. The summed E-state index contributed by atoms with van der Waals surface area (Å²) in [5.41, 5.74) is 7.34. The number of carbonyl (C=O) groups is 5. The maximum Gasteiger partial charge on any atom is 0.359 e. The van der Waals surface area contributed by atoms with Crippen molar-refractivity contribution in [3.05, 3.63) is 264 Å². The molecule has 0 aliphatic rings. The fraction of sp³-hybridized carbons (Fsp3) is 0.244. The topological polar surface area (TPSA) is 281 Å². The number of hydrogen-bond acceptors (Lipinski definition) is 28. The van der Waals surface area contributed by atoms with Crippen molar-refractivity contribution in [2.45, 2.75) is 107 Å². The lowest BCUT2D eigenvalue weighted by Crippen LogP contribution is -2.24. The van der Waals surface area contributed by atoms with Crippen LogP contribution in [0.1, 0.15) is 145 Å². The summed E-state index contributed by atoms with van der Waals surface area (Å²) in [6.07, 6.45) is 8.33. The summed E-state index contributed by atoms with van der Waals surface area (Å²) in [7, 11) is 0. The summed E-state index contributed by atoms with van der Waals surface area (Å²) < 4.78 is 54.5. The summed E-state index contributed by atoms with van der Waals surface area (Å²) in [5.74, 6) is 1.80. The van der Waals surface area contributed by atoms with Crippen LogP contribution in [0, 0.1) is 0 Å². The Balaban J connectivity index is 0.000000166. The van der Waals surface area contributed by atoms with Gasteiger partial charge in [0.1, 0.15) is 92.9 Å². The quantitative estimate of drug-likeness (QED) is 0.0360. The van der Waals surface area contributed by atoms with Crippen LogP contribution < -0.4 is 23.7 Å². The fourth-order valence-electron chi connectivity index (χ4n) is 9.66. The largest absolute Gasteiger partial charge is 0.494 e. The molecule has 0 fully saturated rings. The van der Waals surface area contributed by atoms with E-state index < -0.39 is 41.0 Å². The van der Waals surface area contributed by atoms with Crippen molar-refractivity contribution >= 4 is 114 Å². The van der Waals surface area contributed by atoms with Gasteiger partial charge in [-0.25, -0.2) is 48.9 Å². The normalized spacial score (nSPS) is 10.7. The van der Waals surface area contributed by atoms with Crippen molar-refractivity contribution in [1.82, 2.24) is 39.9 Å². The molecule has 8 heterocycles. The molecule has 0 spiro atoms. The molecule has 0 radical (unpaired) electrons. The average molecular weight is 1750 g/mol. The molecule has 0 saturated heterocycles. The Bertz CT molecular complexity index is 4790. The van der Waals surface area contributed by atoms with Gasteiger partial charge in [-0.1, -0.05) is 23.7 Å². The predicted octanol–water partition coefficient (Wildman–Crippen LogP) is 21.6. The Morgan fingerprint density at radius 1 is 0.371 bits per heavy atom. The van der Waals surface area contributed by atoms with Crippen LogP contribution in [0.25, 0.3) is 52.9 Å². The van der Waals surface area contributed by atoms with Crippen LogP contribution in [0.5, 0.6) is 28.7 Å². The average Bonchev–Trinajstić information content (AvgIpc) is 1.69. The van der Waals surface area contributed by atoms with Crippen LogP contribution >= 0.6 is 84.2 Å². The third-order valence-electron chi connectivity index (χ3n) is 14.8. The van der Waals surface area contributed by atoms with Crippen molar-refractivity contribution in [3.63, 3.8) is 0 Å². The van der Waals surface area contributed by atoms with Gasteiger partial charge in [-0.05, 0) is 249 Å². The standard InChI is InChI=1S/3C18H16N2O3S.C16H18BrNO3S.C16H18ClNO3S/c1-2-22-15-5-3-14(4-6-15)17-20-16(12-24-17)18(21)23-11-13-7-9-19-10-8-13;1-2-22-15-7-5-14(6-8-15)17-20-16(12-24-17)18(21)23-11-13-4-3-9-19-10-13;1-2-22-15-8-6-13(7-9-15)17-20-16(12-24-17)18(21)23-11-14-5-3-4-10-19-14;2*1-5-20-11-8-6-10(7-9-11)14-18-12(13(17)22-14)15(19)21-16(2,3)4/h3*3-10,12H,2,11H2,1H3;2*6-9H,5H2,1-4H3. The molecule has 13 rings (SSSR count). The first kappa shape index (κ1) is 88.8. The highest BCUT2D eigenvalue weighted by atomic mass is 79.9. The Labute approximate surface area is 706 Å². The van der Waals surface area contributed by atoms with Gasteiger partial charge in [-0.3, -0.25) is 15.0 Å². The SMILES string of the molecule is CCOc1ccc(-c2nc(C(=O)OC(C)(C)C)c(Br)s2)cc1.CCOc1ccc(-c2nc(C(=O)OC(C)(C)C)c(Cl)s2)cc1.CCOc1ccc(-c2nc(C(=O)OCc3ccccn3)cs2)cc1.CCOc1ccc(-c2nc(C(=O)OCc3cccnc3)cs2)cc1.CCOc1ccc(-c2nc(C(=O)OCc3ccncc3)cs2)cc1. The van der Waals surface area contributed by atoms with Crippen LogP contribution in [0.15, 0.2) is 215 Å². The lowest BCUT2D eigenvalue weighted by atomic mass is 10.2. The molecular formula is C86H84BrClN8O15S5. The van der Waals surface area contributed by atoms with Gasteiger partial charge >= 0.3 is 29.8 Å². The van der Waals surface area contributed by atoms with E-state index in [-0.39, 0.29) is 25.5 Å². The Kier molecular flexibility index (Phi) is 34.2. The molecule has 8 aromatic heterocycles. The molecule has 23 nitrogen and oxygen atoms in total. The van der Waals surface area contributed by atoms with Crippen molar-refractivity contribution in [2.24, 2.45) is 0 Å². The first-order valence-corrected chi connectivity index (χ1v) is 41.8. The highest BCUT2D eigenvalue weighted by molar-refractivity contribution is 9.11. The number of thiazole rings is 5. The second-order valence-corrected chi connectivity index (χ2v) is 32.4. The molecule has 0 saturated carbocycles. The minimum absolute atomic E-state index is 0.135. The number of esters is 5. The number of rotatable bonds is 26. The summed E-state index contributed by atoms with van der Waals surface area (Å²) in [5, 5.41) is 8.86. The molecule has 0 unspecified atom stereocenters. The van der Waals surface area contributed by atoms with Gasteiger partial charge in [0.25, 0.3) is 0 Å². The van der Waals surface area contributed by atoms with E-state index in [2.05, 4.69) is 55.8 Å². The summed E-state index contributed by atoms with van der Waals surface area (Å²) in [6.45, 7) is 24.3. The van der Waals surface area contributed by atoms with Crippen molar-refractivity contribution in [2.75, 3.05) is 33.0 Å². The molecule has 0 N–H and O–H groups in total. The zero-order valence-corrected chi connectivity index (χ0v) is 71.8. The number of hydrogen-bond donors (Lipinski definition) is 0. The molecule has 5 aromatic carbocycles. The zero-order valence-electron chi connectivity index (χ0n) is 65.4. The van der Waals surface area contributed by atoms with Crippen molar-refractivity contribution in [3.8, 4) is 81.6 Å². The molecular weight excluding hydrogens is 1660 g/mol. The van der Waals surface area contributed by atoms with Gasteiger partial charge in [0.15, 0.2) is 28.5 Å². The first-order valence-electron chi connectivity index (χ1n) is 36.4. The fourth-order valence-corrected chi connectivity index (χ4v) is 14.7. The number of ether oxygens (including phenoxy) is 10. The second-order valence-electron chi connectivity index (χ2n) is 26.0.